The lowest BCUT2D eigenvalue weighted by Gasteiger charge is -2.25. The summed E-state index contributed by atoms with van der Waals surface area (Å²) in [5.41, 5.74) is 0.931. The molecule has 0 amide bonds. The van der Waals surface area contributed by atoms with E-state index in [1.54, 1.807) is 18.2 Å². The molecular weight excluding hydrogens is 258 g/mol. The van der Waals surface area contributed by atoms with Crippen LogP contribution in [0.4, 0.5) is 0 Å². The van der Waals surface area contributed by atoms with Gasteiger partial charge < -0.3 is 0 Å². The molecule has 1 aromatic carbocycles. The van der Waals surface area contributed by atoms with Crippen molar-refractivity contribution in [1.29, 1.82) is 0 Å². The number of alkyl halides is 1. The van der Waals surface area contributed by atoms with Crippen LogP contribution in [0, 0.1) is 6.92 Å². The van der Waals surface area contributed by atoms with Gasteiger partial charge in [0.2, 0.25) is 10.0 Å². The monoisotopic (exact) mass is 275 g/mol. The van der Waals surface area contributed by atoms with Crippen LogP contribution in [-0.2, 0) is 10.0 Å². The highest BCUT2D eigenvalue weighted by atomic mass is 35.5. The maximum absolute atomic E-state index is 12.4. The fourth-order valence-electron chi connectivity index (χ4n) is 1.65. The summed E-state index contributed by atoms with van der Waals surface area (Å²) >= 11 is 5.66. The van der Waals surface area contributed by atoms with E-state index >= 15 is 0 Å². The number of sulfonamides is 1. The minimum Gasteiger partial charge on any atom is -0.207 e. The Labute approximate surface area is 108 Å². The Morgan fingerprint density at radius 2 is 2.00 bits per heavy atom. The van der Waals surface area contributed by atoms with E-state index < -0.39 is 10.0 Å². The van der Waals surface area contributed by atoms with Crippen molar-refractivity contribution in [2.24, 2.45) is 0 Å². The molecule has 0 aliphatic heterocycles. The summed E-state index contributed by atoms with van der Waals surface area (Å²) in [6.45, 7) is 5.90. The predicted octanol–water partition coefficient (Wildman–Crippen LogP) is 2.63. The maximum atomic E-state index is 12.4. The molecular formula is C12H18ClNO2S. The van der Waals surface area contributed by atoms with Crippen LogP contribution in [0.2, 0.25) is 0 Å². The molecule has 0 saturated carbocycles. The van der Waals surface area contributed by atoms with Gasteiger partial charge in [-0.25, -0.2) is 8.42 Å². The molecule has 1 aromatic rings. The summed E-state index contributed by atoms with van der Waals surface area (Å²) < 4.78 is 26.2. The summed E-state index contributed by atoms with van der Waals surface area (Å²) in [7, 11) is -3.44. The Bertz CT molecular complexity index is 471. The van der Waals surface area contributed by atoms with Crippen molar-refractivity contribution in [2.75, 3.05) is 12.4 Å². The predicted molar refractivity (Wildman–Crippen MR) is 70.9 cm³/mol. The molecule has 3 nitrogen and oxygen atoms in total. The van der Waals surface area contributed by atoms with Gasteiger partial charge in [0.15, 0.2) is 0 Å². The average molecular weight is 276 g/mol. The van der Waals surface area contributed by atoms with E-state index in [1.807, 2.05) is 26.8 Å². The third-order valence-corrected chi connectivity index (χ3v) is 4.72. The lowest BCUT2D eigenvalue weighted by molar-refractivity contribution is 0.370. The molecule has 17 heavy (non-hydrogen) atoms. The molecule has 0 bridgehead atoms. The zero-order chi connectivity index (χ0) is 13.1. The molecule has 0 heterocycles. The standard InChI is InChI=1S/C12H18ClNO2S/c1-10(2)14(8-7-13)17(15,16)12-6-4-5-11(3)9-12/h4-6,9-10H,7-8H2,1-3H3. The van der Waals surface area contributed by atoms with Crippen LogP contribution < -0.4 is 0 Å². The van der Waals surface area contributed by atoms with Gasteiger partial charge in [-0.2, -0.15) is 4.31 Å². The number of hydrogen-bond acceptors (Lipinski definition) is 2. The molecule has 0 fully saturated rings. The molecule has 0 radical (unpaired) electrons. The normalized spacial score (nSPS) is 12.4. The third kappa shape index (κ3) is 3.44. The van der Waals surface area contributed by atoms with Crippen molar-refractivity contribution < 1.29 is 8.42 Å². The van der Waals surface area contributed by atoms with E-state index in [1.165, 1.54) is 4.31 Å². The van der Waals surface area contributed by atoms with Crippen LogP contribution in [0.5, 0.6) is 0 Å². The maximum Gasteiger partial charge on any atom is 0.243 e. The Balaban J connectivity index is 3.16. The molecule has 5 heteroatoms. The first-order chi connectivity index (χ1) is 7.89. The smallest absolute Gasteiger partial charge is 0.207 e. The van der Waals surface area contributed by atoms with Crippen LogP contribution in [0.15, 0.2) is 29.2 Å². The van der Waals surface area contributed by atoms with Crippen molar-refractivity contribution in [3.05, 3.63) is 29.8 Å². The molecule has 0 aliphatic carbocycles. The Morgan fingerprint density at radius 1 is 1.35 bits per heavy atom. The summed E-state index contributed by atoms with van der Waals surface area (Å²) in [4.78, 5) is 0.330. The highest BCUT2D eigenvalue weighted by Gasteiger charge is 2.26. The highest BCUT2D eigenvalue weighted by molar-refractivity contribution is 7.89. The van der Waals surface area contributed by atoms with Gasteiger partial charge >= 0.3 is 0 Å². The van der Waals surface area contributed by atoms with Gasteiger partial charge in [-0.15, -0.1) is 11.6 Å². The van der Waals surface area contributed by atoms with Crippen LogP contribution >= 0.6 is 11.6 Å². The van der Waals surface area contributed by atoms with E-state index in [-0.39, 0.29) is 6.04 Å². The van der Waals surface area contributed by atoms with Gasteiger partial charge in [-0.3, -0.25) is 0 Å². The lowest BCUT2D eigenvalue weighted by atomic mass is 10.2. The minimum absolute atomic E-state index is 0.0979. The molecule has 1 rings (SSSR count). The molecule has 0 aliphatic rings. The van der Waals surface area contributed by atoms with Gasteiger partial charge in [0.05, 0.1) is 4.90 Å². The zero-order valence-electron chi connectivity index (χ0n) is 10.4. The van der Waals surface area contributed by atoms with Crippen molar-refractivity contribution in [3.63, 3.8) is 0 Å². The second kappa shape index (κ2) is 5.85. The van der Waals surface area contributed by atoms with Crippen molar-refractivity contribution in [3.8, 4) is 0 Å². The van der Waals surface area contributed by atoms with Crippen LogP contribution in [0.3, 0.4) is 0 Å². The van der Waals surface area contributed by atoms with Gasteiger partial charge in [0.25, 0.3) is 0 Å². The third-order valence-electron chi connectivity index (χ3n) is 2.48. The average Bonchev–Trinajstić information content (AvgIpc) is 2.25. The van der Waals surface area contributed by atoms with Crippen molar-refractivity contribution in [2.45, 2.75) is 31.7 Å². The number of aryl methyl sites for hydroxylation is 1. The molecule has 0 spiro atoms. The summed E-state index contributed by atoms with van der Waals surface area (Å²) in [6, 6.07) is 6.83. The van der Waals surface area contributed by atoms with Crippen LogP contribution in [0.1, 0.15) is 19.4 Å². The number of benzene rings is 1. The van der Waals surface area contributed by atoms with E-state index in [0.29, 0.717) is 17.3 Å². The minimum atomic E-state index is -3.44. The highest BCUT2D eigenvalue weighted by Crippen LogP contribution is 2.19. The fourth-order valence-corrected chi connectivity index (χ4v) is 3.68. The quantitative estimate of drug-likeness (QED) is 0.775. The number of nitrogens with zero attached hydrogens (tertiary/aromatic N) is 1. The van der Waals surface area contributed by atoms with E-state index in [4.69, 9.17) is 11.6 Å². The topological polar surface area (TPSA) is 37.4 Å². The second-order valence-electron chi connectivity index (χ2n) is 4.21. The number of rotatable bonds is 5. The SMILES string of the molecule is Cc1cccc(S(=O)(=O)N(CCCl)C(C)C)c1. The molecule has 0 saturated heterocycles. The first-order valence-corrected chi connectivity index (χ1v) is 7.51. The number of hydrogen-bond donors (Lipinski definition) is 0. The van der Waals surface area contributed by atoms with Crippen molar-refractivity contribution in [1.82, 2.24) is 4.31 Å². The van der Waals surface area contributed by atoms with Gasteiger partial charge in [-0.1, -0.05) is 12.1 Å². The summed E-state index contributed by atoms with van der Waals surface area (Å²) in [5.74, 6) is 0.295. The first kappa shape index (κ1) is 14.5. The van der Waals surface area contributed by atoms with E-state index in [0.717, 1.165) is 5.56 Å². The summed E-state index contributed by atoms with van der Waals surface area (Å²) in [5, 5.41) is 0. The number of halogens is 1. The molecule has 0 atom stereocenters. The Kier molecular flexibility index (Phi) is 4.98. The lowest BCUT2D eigenvalue weighted by Crippen LogP contribution is -2.38. The van der Waals surface area contributed by atoms with Gasteiger partial charge in [0, 0.05) is 18.5 Å². The van der Waals surface area contributed by atoms with Gasteiger partial charge in [0.1, 0.15) is 0 Å². The summed E-state index contributed by atoms with van der Waals surface area (Å²) in [6.07, 6.45) is 0. The van der Waals surface area contributed by atoms with E-state index in [2.05, 4.69) is 0 Å². The first-order valence-electron chi connectivity index (χ1n) is 5.54. The van der Waals surface area contributed by atoms with Gasteiger partial charge in [-0.05, 0) is 38.5 Å². The molecule has 0 unspecified atom stereocenters. The largest absolute Gasteiger partial charge is 0.243 e. The fraction of sp³-hybridized carbons (Fsp3) is 0.500. The Hall–Kier alpha value is -0.580. The van der Waals surface area contributed by atoms with Crippen LogP contribution in [-0.4, -0.2) is 31.2 Å². The van der Waals surface area contributed by atoms with E-state index in [9.17, 15) is 8.42 Å². The second-order valence-corrected chi connectivity index (χ2v) is 6.48. The molecule has 96 valence electrons. The molecule has 0 aromatic heterocycles. The Morgan fingerprint density at radius 3 is 2.47 bits per heavy atom. The zero-order valence-corrected chi connectivity index (χ0v) is 11.9. The van der Waals surface area contributed by atoms with Crippen molar-refractivity contribution >= 4 is 21.6 Å². The molecule has 0 N–H and O–H groups in total. The van der Waals surface area contributed by atoms with Crippen LogP contribution in [0.25, 0.3) is 0 Å².